The minimum atomic E-state index is 0.499. The lowest BCUT2D eigenvalue weighted by Gasteiger charge is -2.16. The van der Waals surface area contributed by atoms with E-state index >= 15 is 0 Å². The van der Waals surface area contributed by atoms with Crippen LogP contribution in [0.3, 0.4) is 0 Å². The third-order valence-electron chi connectivity index (χ3n) is 24.1. The molecule has 0 N–H and O–H groups in total. The fourth-order valence-corrected chi connectivity index (χ4v) is 18.4. The molecule has 0 unspecified atom stereocenters. The van der Waals surface area contributed by atoms with Crippen molar-refractivity contribution in [1.29, 1.82) is 0 Å². The van der Waals surface area contributed by atoms with E-state index in [-0.39, 0.29) is 0 Å². The summed E-state index contributed by atoms with van der Waals surface area (Å²) in [6.45, 7) is 0. The molecule has 0 atom stereocenters. The van der Waals surface area contributed by atoms with Gasteiger partial charge in [-0.1, -0.05) is 358 Å². The maximum atomic E-state index is 5.60. The van der Waals surface area contributed by atoms with Gasteiger partial charge in [0.2, 0.25) is 11.9 Å². The number of pyridine rings is 2. The van der Waals surface area contributed by atoms with Gasteiger partial charge in [0.05, 0.1) is 78.3 Å². The lowest BCUT2D eigenvalue weighted by molar-refractivity contribution is 0.953. The van der Waals surface area contributed by atoms with Gasteiger partial charge in [0.15, 0.2) is 23.3 Å². The molecule has 578 valence electrons. The molecule has 0 aliphatic heterocycles. The topological polar surface area (TPSA) is 123 Å². The van der Waals surface area contributed by atoms with Gasteiger partial charge < -0.3 is 9.13 Å². The molecule has 0 amide bonds. The van der Waals surface area contributed by atoms with Gasteiger partial charge in [0.25, 0.3) is 0 Å². The smallest absolute Gasteiger partial charge is 0.238 e. The van der Waals surface area contributed by atoms with E-state index in [4.69, 9.17) is 39.9 Å². The van der Waals surface area contributed by atoms with Crippen molar-refractivity contribution >= 4 is 87.2 Å². The van der Waals surface area contributed by atoms with E-state index in [1.165, 1.54) is 0 Å². The Morgan fingerprint density at radius 1 is 0.145 bits per heavy atom. The molecule has 24 rings (SSSR count). The fraction of sp³-hybridized carbons (Fsp3) is 0. The summed E-state index contributed by atoms with van der Waals surface area (Å²) in [5.74, 6) is 3.20. The van der Waals surface area contributed by atoms with E-state index in [1.54, 1.807) is 0 Å². The summed E-state index contributed by atoms with van der Waals surface area (Å²) in [6.07, 6.45) is 0. The number of hydrogen-bond acceptors (Lipinski definition) is 8. The van der Waals surface area contributed by atoms with Crippen molar-refractivity contribution in [2.45, 2.75) is 0 Å². The quantitative estimate of drug-likeness (QED) is 0.0994. The van der Waals surface area contributed by atoms with E-state index < -0.39 is 0 Å². The maximum absolute atomic E-state index is 5.60. The fourth-order valence-electron chi connectivity index (χ4n) is 18.4. The summed E-state index contributed by atoms with van der Waals surface area (Å²) in [5.41, 5.74) is 27.5. The van der Waals surface area contributed by atoms with Gasteiger partial charge in [0, 0.05) is 98.7 Å². The molecule has 0 saturated carbocycles. The van der Waals surface area contributed by atoms with Crippen LogP contribution in [0.4, 0.5) is 0 Å². The molecule has 8 aromatic heterocycles. The lowest BCUT2D eigenvalue weighted by Crippen LogP contribution is -2.07. The Morgan fingerprint density at radius 2 is 0.427 bits per heavy atom. The van der Waals surface area contributed by atoms with Crippen LogP contribution in [0.15, 0.2) is 425 Å². The molecule has 0 aliphatic rings. The Bertz CT molecular complexity index is 8330. The van der Waals surface area contributed by atoms with Crippen LogP contribution in [0.1, 0.15) is 0 Å². The van der Waals surface area contributed by atoms with Crippen LogP contribution < -0.4 is 0 Å². The molecule has 12 heteroatoms. The molecule has 0 aliphatic carbocycles. The molecule has 8 heterocycles. The van der Waals surface area contributed by atoms with Gasteiger partial charge in [-0.2, -0.15) is 19.9 Å². The highest BCUT2D eigenvalue weighted by atomic mass is 15.2. The van der Waals surface area contributed by atoms with Crippen molar-refractivity contribution in [3.05, 3.63) is 425 Å². The van der Waals surface area contributed by atoms with E-state index in [0.29, 0.717) is 35.2 Å². The van der Waals surface area contributed by atoms with Crippen molar-refractivity contribution in [2.24, 2.45) is 0 Å². The van der Waals surface area contributed by atoms with E-state index in [0.717, 1.165) is 199 Å². The Hall–Kier alpha value is -17.0. The Kier molecular flexibility index (Phi) is 17.0. The monoisotopic (exact) mass is 1580 g/mol. The van der Waals surface area contributed by atoms with Crippen LogP contribution in [0.5, 0.6) is 0 Å². The van der Waals surface area contributed by atoms with Crippen molar-refractivity contribution in [3.63, 3.8) is 0 Å². The summed E-state index contributed by atoms with van der Waals surface area (Å²) in [6, 6.07) is 149. The van der Waals surface area contributed by atoms with Crippen LogP contribution in [0.2, 0.25) is 0 Å². The highest BCUT2D eigenvalue weighted by Gasteiger charge is 2.28. The van der Waals surface area contributed by atoms with Crippen molar-refractivity contribution in [3.8, 4) is 147 Å². The van der Waals surface area contributed by atoms with Crippen molar-refractivity contribution < 1.29 is 0 Å². The van der Waals surface area contributed by atoms with E-state index in [2.05, 4.69) is 400 Å². The first kappa shape index (κ1) is 71.2. The minimum absolute atomic E-state index is 0.499. The van der Waals surface area contributed by atoms with Crippen LogP contribution in [0.25, 0.3) is 234 Å². The molecule has 0 saturated heterocycles. The summed E-state index contributed by atoms with van der Waals surface area (Å²) < 4.78 is 9.40. The molecule has 0 radical (unpaired) electrons. The first-order chi connectivity index (χ1) is 61.5. The first-order valence-corrected chi connectivity index (χ1v) is 41.7. The van der Waals surface area contributed by atoms with Crippen LogP contribution >= 0.6 is 0 Å². The van der Waals surface area contributed by atoms with Gasteiger partial charge in [-0.25, -0.2) is 19.9 Å². The lowest BCUT2D eigenvalue weighted by atomic mass is 9.98. The summed E-state index contributed by atoms with van der Waals surface area (Å²) in [4.78, 5) is 43.5. The van der Waals surface area contributed by atoms with Crippen LogP contribution in [0, 0.1) is 0 Å². The van der Waals surface area contributed by atoms with Gasteiger partial charge in [0.1, 0.15) is 0 Å². The normalized spacial score (nSPS) is 11.7. The second-order valence-corrected chi connectivity index (χ2v) is 31.3. The van der Waals surface area contributed by atoms with Crippen molar-refractivity contribution in [1.82, 2.24) is 58.1 Å². The molecule has 16 aromatic carbocycles. The second kappa shape index (κ2) is 29.5. The third-order valence-corrected chi connectivity index (χ3v) is 24.1. The number of fused-ring (bicyclic) bond motifs is 14. The number of para-hydroxylation sites is 6. The number of rotatable bonds is 15. The Balaban J connectivity index is 0.581. The van der Waals surface area contributed by atoms with Gasteiger partial charge in [-0.05, 0) is 89.0 Å². The summed E-state index contributed by atoms with van der Waals surface area (Å²) >= 11 is 0. The molecule has 0 spiro atoms. The predicted octanol–water partition coefficient (Wildman–Crippen LogP) is 27.6. The van der Waals surface area contributed by atoms with Crippen LogP contribution in [-0.2, 0) is 0 Å². The van der Waals surface area contributed by atoms with Gasteiger partial charge >= 0.3 is 0 Å². The predicted molar refractivity (Wildman–Crippen MR) is 506 cm³/mol. The average Bonchev–Trinajstić information content (AvgIpc) is 1.54. The highest BCUT2D eigenvalue weighted by Crippen LogP contribution is 2.47. The Labute approximate surface area is 712 Å². The molecule has 0 fully saturated rings. The number of benzene rings is 16. The molecule has 24 aromatic rings. The number of aromatic nitrogens is 12. The molecular weight excluding hydrogens is 1510 g/mol. The zero-order chi connectivity index (χ0) is 81.7. The highest BCUT2D eigenvalue weighted by molar-refractivity contribution is 6.26. The average molecular weight is 1580 g/mol. The standard InChI is InChI=1S/C112H70N12/c1-6-30-72(31-7-1)83-42-16-22-50-97(83)121-99-52-24-18-44-85(99)89-64-66-91-87-46-20-26-54-101(87)123(105(91)103(89)121)111-117-107(77-36-12-4-13-37-77)115-109(119-111)79-62-60-76(61-63-79)94-49-29-48-93(113-94)75-58-56-71(57-59-75)82-69-95(74-34-10-3-11-35-74)114-96(70-82)80-40-28-41-81(68-80)110-116-108(78-38-14-5-15-39-78)118-112(120-110)124-102-55-27-21-47-88(102)92-67-65-90-86-45-19-25-53-100(86)122(104(90)106(92)124)98-51-23-17-43-84(98)73-32-8-2-9-33-73/h1-70H. The molecular formula is C112H70N12. The minimum Gasteiger partial charge on any atom is -0.307 e. The Morgan fingerprint density at radius 3 is 0.855 bits per heavy atom. The SMILES string of the molecule is c1ccc(-c2cc(-c3ccc(-c4cccc(-c5ccc(-c6nc(-c7ccccc7)nc(-n7c8ccccc8c8ccc9c%10ccccc%10n(-c%10ccccc%10-c%10ccccc%10)c9c87)n6)cc5)n4)cc3)cc(-c3cccc(-c4nc(-c5ccccc5)nc(-n5c6ccccc6c6ccc7c8ccccc8n(-c8ccccc8-c8ccccc8)c7c65)n4)c3)n2)cc1. The zero-order valence-corrected chi connectivity index (χ0v) is 66.8. The zero-order valence-electron chi connectivity index (χ0n) is 66.8. The second-order valence-electron chi connectivity index (χ2n) is 31.3. The number of nitrogens with zero attached hydrogens (tertiary/aromatic N) is 12. The van der Waals surface area contributed by atoms with E-state index in [9.17, 15) is 0 Å². The summed E-state index contributed by atoms with van der Waals surface area (Å²) in [5, 5.41) is 8.92. The number of hydrogen-bond donors (Lipinski definition) is 0. The van der Waals surface area contributed by atoms with Gasteiger partial charge in [-0.15, -0.1) is 0 Å². The van der Waals surface area contributed by atoms with Crippen LogP contribution in [-0.4, -0.2) is 58.1 Å². The van der Waals surface area contributed by atoms with Crippen molar-refractivity contribution in [2.75, 3.05) is 0 Å². The molecule has 124 heavy (non-hydrogen) atoms. The molecule has 12 nitrogen and oxygen atoms in total. The van der Waals surface area contributed by atoms with Gasteiger partial charge in [-0.3, -0.25) is 9.13 Å². The molecule has 0 bridgehead atoms. The third kappa shape index (κ3) is 12.1. The largest absolute Gasteiger partial charge is 0.307 e. The van der Waals surface area contributed by atoms with E-state index in [1.807, 2.05) is 42.5 Å². The maximum Gasteiger partial charge on any atom is 0.238 e. The summed E-state index contributed by atoms with van der Waals surface area (Å²) in [7, 11) is 0. The first-order valence-electron chi connectivity index (χ1n) is 41.7.